The number of likely N-dealkylation sites (tertiary alicyclic amines) is 1. The van der Waals surface area contributed by atoms with E-state index in [1.807, 2.05) is 13.8 Å². The van der Waals surface area contributed by atoms with E-state index in [0.717, 1.165) is 31.7 Å². The maximum Gasteiger partial charge on any atom is 0.119 e. The average molecular weight is 235 g/mol. The molecule has 0 spiro atoms. The lowest BCUT2D eigenvalue weighted by molar-refractivity contribution is 0.114. The SMILES string of the molecule is CC.Cc1ccc(OC2CCN(C)CC2)cc1. The molecule has 0 unspecified atom stereocenters. The van der Waals surface area contributed by atoms with Gasteiger partial charge in [-0.05, 0) is 38.9 Å². The molecular weight excluding hydrogens is 210 g/mol. The maximum atomic E-state index is 5.93. The smallest absolute Gasteiger partial charge is 0.119 e. The molecule has 0 aromatic heterocycles. The van der Waals surface area contributed by atoms with E-state index in [4.69, 9.17) is 4.74 Å². The summed E-state index contributed by atoms with van der Waals surface area (Å²) in [5.74, 6) is 1.01. The minimum atomic E-state index is 0.406. The number of benzene rings is 1. The van der Waals surface area contributed by atoms with Gasteiger partial charge in [0.2, 0.25) is 0 Å². The van der Waals surface area contributed by atoms with E-state index in [1.165, 1.54) is 5.56 Å². The Hall–Kier alpha value is -1.02. The van der Waals surface area contributed by atoms with Crippen LogP contribution < -0.4 is 4.74 Å². The Morgan fingerprint density at radius 3 is 2.12 bits per heavy atom. The summed E-state index contributed by atoms with van der Waals surface area (Å²) in [4.78, 5) is 2.36. The van der Waals surface area contributed by atoms with Crippen molar-refractivity contribution in [1.82, 2.24) is 4.90 Å². The first-order chi connectivity index (χ1) is 8.24. The molecule has 2 heteroatoms. The normalized spacial score (nSPS) is 17.2. The molecule has 0 aliphatic carbocycles. The van der Waals surface area contributed by atoms with Gasteiger partial charge in [-0.15, -0.1) is 0 Å². The van der Waals surface area contributed by atoms with Crippen molar-refractivity contribution in [3.8, 4) is 5.75 Å². The zero-order chi connectivity index (χ0) is 12.7. The number of nitrogens with zero attached hydrogens (tertiary/aromatic N) is 1. The molecule has 2 nitrogen and oxygen atoms in total. The average Bonchev–Trinajstić information content (AvgIpc) is 2.37. The van der Waals surface area contributed by atoms with Gasteiger partial charge in [-0.1, -0.05) is 31.5 Å². The van der Waals surface area contributed by atoms with E-state index < -0.39 is 0 Å². The third-order valence-corrected chi connectivity index (χ3v) is 2.99. The Kier molecular flexibility index (Phi) is 6.06. The van der Waals surface area contributed by atoms with E-state index in [9.17, 15) is 0 Å². The first kappa shape index (κ1) is 14.0. The van der Waals surface area contributed by atoms with Crippen molar-refractivity contribution in [2.75, 3.05) is 20.1 Å². The van der Waals surface area contributed by atoms with Crippen LogP contribution in [0.2, 0.25) is 0 Å². The van der Waals surface area contributed by atoms with E-state index in [1.54, 1.807) is 0 Å². The number of hydrogen-bond acceptors (Lipinski definition) is 2. The summed E-state index contributed by atoms with van der Waals surface area (Å²) < 4.78 is 5.93. The summed E-state index contributed by atoms with van der Waals surface area (Å²) in [5.41, 5.74) is 1.28. The highest BCUT2D eigenvalue weighted by molar-refractivity contribution is 5.26. The second-order valence-electron chi connectivity index (χ2n) is 4.43. The second-order valence-corrected chi connectivity index (χ2v) is 4.43. The predicted octanol–water partition coefficient (Wildman–Crippen LogP) is 3.49. The highest BCUT2D eigenvalue weighted by Crippen LogP contribution is 2.18. The molecule has 0 bridgehead atoms. The molecule has 0 atom stereocenters. The summed E-state index contributed by atoms with van der Waals surface area (Å²) >= 11 is 0. The monoisotopic (exact) mass is 235 g/mol. The lowest BCUT2D eigenvalue weighted by Gasteiger charge is -2.29. The molecule has 1 fully saturated rings. The van der Waals surface area contributed by atoms with Crippen LogP contribution in [0, 0.1) is 6.92 Å². The van der Waals surface area contributed by atoms with Gasteiger partial charge in [0.15, 0.2) is 0 Å². The van der Waals surface area contributed by atoms with E-state index >= 15 is 0 Å². The summed E-state index contributed by atoms with van der Waals surface area (Å²) in [6.07, 6.45) is 2.69. The molecule has 1 heterocycles. The Balaban J connectivity index is 0.000000686. The molecule has 1 aliphatic heterocycles. The molecule has 17 heavy (non-hydrogen) atoms. The highest BCUT2D eigenvalue weighted by Gasteiger charge is 2.17. The van der Waals surface area contributed by atoms with Gasteiger partial charge in [0, 0.05) is 13.1 Å². The Morgan fingerprint density at radius 2 is 1.59 bits per heavy atom. The van der Waals surface area contributed by atoms with E-state index in [2.05, 4.69) is 43.1 Å². The van der Waals surface area contributed by atoms with Crippen LogP contribution in [0.3, 0.4) is 0 Å². The molecule has 96 valence electrons. The number of aryl methyl sites for hydroxylation is 1. The maximum absolute atomic E-state index is 5.93. The third-order valence-electron chi connectivity index (χ3n) is 2.99. The summed E-state index contributed by atoms with van der Waals surface area (Å²) in [5, 5.41) is 0. The Morgan fingerprint density at radius 1 is 1.06 bits per heavy atom. The lowest BCUT2D eigenvalue weighted by atomic mass is 10.1. The van der Waals surface area contributed by atoms with Crippen molar-refractivity contribution in [3.63, 3.8) is 0 Å². The van der Waals surface area contributed by atoms with Crippen LogP contribution in [0.5, 0.6) is 5.75 Å². The van der Waals surface area contributed by atoms with Crippen LogP contribution >= 0.6 is 0 Å². The van der Waals surface area contributed by atoms with E-state index in [0.29, 0.717) is 6.10 Å². The summed E-state index contributed by atoms with van der Waals surface area (Å²) in [6.45, 7) is 8.40. The van der Waals surface area contributed by atoms with Crippen LogP contribution in [-0.2, 0) is 0 Å². The fourth-order valence-electron chi connectivity index (χ4n) is 1.91. The van der Waals surface area contributed by atoms with Gasteiger partial charge < -0.3 is 9.64 Å². The molecule has 1 aromatic carbocycles. The molecule has 1 aromatic rings. The number of hydrogen-bond donors (Lipinski definition) is 0. The largest absolute Gasteiger partial charge is 0.490 e. The van der Waals surface area contributed by atoms with Gasteiger partial charge in [0.05, 0.1) is 0 Å². The number of rotatable bonds is 2. The van der Waals surface area contributed by atoms with Crippen LogP contribution in [0.4, 0.5) is 0 Å². The fourth-order valence-corrected chi connectivity index (χ4v) is 1.91. The molecule has 2 rings (SSSR count). The van der Waals surface area contributed by atoms with Crippen LogP contribution in [0.15, 0.2) is 24.3 Å². The summed E-state index contributed by atoms with van der Waals surface area (Å²) in [7, 11) is 2.17. The van der Waals surface area contributed by atoms with Crippen LogP contribution in [0.25, 0.3) is 0 Å². The topological polar surface area (TPSA) is 12.5 Å². The van der Waals surface area contributed by atoms with Crippen molar-refractivity contribution in [2.24, 2.45) is 0 Å². The molecule has 0 amide bonds. The second kappa shape index (κ2) is 7.33. The van der Waals surface area contributed by atoms with Crippen molar-refractivity contribution in [1.29, 1.82) is 0 Å². The Labute approximate surface area is 106 Å². The van der Waals surface area contributed by atoms with Gasteiger partial charge in [0.1, 0.15) is 11.9 Å². The molecule has 1 aliphatic rings. The zero-order valence-corrected chi connectivity index (χ0v) is 11.6. The molecule has 0 saturated carbocycles. The van der Waals surface area contributed by atoms with Gasteiger partial charge in [-0.3, -0.25) is 0 Å². The lowest BCUT2D eigenvalue weighted by Crippen LogP contribution is -2.35. The van der Waals surface area contributed by atoms with Crippen LogP contribution in [-0.4, -0.2) is 31.1 Å². The van der Waals surface area contributed by atoms with Gasteiger partial charge in [0.25, 0.3) is 0 Å². The van der Waals surface area contributed by atoms with E-state index in [-0.39, 0.29) is 0 Å². The quantitative estimate of drug-likeness (QED) is 0.778. The third kappa shape index (κ3) is 4.78. The fraction of sp³-hybridized carbons (Fsp3) is 0.600. The highest BCUT2D eigenvalue weighted by atomic mass is 16.5. The van der Waals surface area contributed by atoms with Crippen LogP contribution in [0.1, 0.15) is 32.3 Å². The van der Waals surface area contributed by atoms with Crippen molar-refractivity contribution in [3.05, 3.63) is 29.8 Å². The molecule has 0 N–H and O–H groups in total. The van der Waals surface area contributed by atoms with Crippen molar-refractivity contribution < 1.29 is 4.74 Å². The molecule has 0 radical (unpaired) electrons. The van der Waals surface area contributed by atoms with Gasteiger partial charge in [-0.2, -0.15) is 0 Å². The standard InChI is InChI=1S/C13H19NO.C2H6/c1-11-3-5-12(6-4-11)15-13-7-9-14(2)10-8-13;1-2/h3-6,13H,7-10H2,1-2H3;1-2H3. The van der Waals surface area contributed by atoms with Crippen molar-refractivity contribution >= 4 is 0 Å². The number of piperidine rings is 1. The minimum absolute atomic E-state index is 0.406. The first-order valence-corrected chi connectivity index (χ1v) is 6.66. The predicted molar refractivity (Wildman–Crippen MR) is 73.7 cm³/mol. The number of ether oxygens (including phenoxy) is 1. The minimum Gasteiger partial charge on any atom is -0.490 e. The molecule has 1 saturated heterocycles. The molecular formula is C15H25NO. The Bertz CT molecular complexity index is 299. The first-order valence-electron chi connectivity index (χ1n) is 6.66. The summed E-state index contributed by atoms with van der Waals surface area (Å²) in [6, 6.07) is 8.33. The van der Waals surface area contributed by atoms with Gasteiger partial charge >= 0.3 is 0 Å². The zero-order valence-electron chi connectivity index (χ0n) is 11.6. The van der Waals surface area contributed by atoms with Gasteiger partial charge in [-0.25, -0.2) is 0 Å². The van der Waals surface area contributed by atoms with Crippen molar-refractivity contribution in [2.45, 2.75) is 39.7 Å².